The van der Waals surface area contributed by atoms with Crippen LogP contribution < -0.4 is 15.4 Å². The quantitative estimate of drug-likeness (QED) is 0.784. The van der Waals surface area contributed by atoms with Crippen molar-refractivity contribution >= 4 is 23.6 Å². The molecule has 0 aromatic heterocycles. The minimum atomic E-state index is -0.488. The van der Waals surface area contributed by atoms with Crippen LogP contribution in [0.1, 0.15) is 12.5 Å². The van der Waals surface area contributed by atoms with Gasteiger partial charge < -0.3 is 20.1 Å². The molecule has 2 amide bonds. The lowest BCUT2D eigenvalue weighted by Crippen LogP contribution is -2.38. The zero-order chi connectivity index (χ0) is 15.0. The van der Waals surface area contributed by atoms with E-state index >= 15 is 0 Å². The van der Waals surface area contributed by atoms with Crippen molar-refractivity contribution in [3.05, 3.63) is 28.8 Å². The molecule has 1 rings (SSSR count). The highest BCUT2D eigenvalue weighted by molar-refractivity contribution is 6.31. The Morgan fingerprint density at radius 1 is 1.30 bits per heavy atom. The van der Waals surface area contributed by atoms with Crippen LogP contribution in [0.3, 0.4) is 0 Å². The van der Waals surface area contributed by atoms with Gasteiger partial charge in [-0.25, -0.2) is 4.79 Å². The van der Waals surface area contributed by atoms with Gasteiger partial charge in [0.2, 0.25) is 0 Å². The van der Waals surface area contributed by atoms with Crippen molar-refractivity contribution < 1.29 is 19.1 Å². The van der Waals surface area contributed by atoms with Crippen molar-refractivity contribution in [3.63, 3.8) is 0 Å². The Hall–Kier alpha value is -1.95. The van der Waals surface area contributed by atoms with Gasteiger partial charge in [0.15, 0.2) is 0 Å². The second-order valence-corrected chi connectivity index (χ2v) is 4.17. The number of rotatable bonds is 6. The minimum Gasteiger partial charge on any atom is -0.496 e. The highest BCUT2D eigenvalue weighted by atomic mass is 35.5. The molecule has 0 saturated carbocycles. The van der Waals surface area contributed by atoms with Crippen LogP contribution >= 0.6 is 11.6 Å². The van der Waals surface area contributed by atoms with E-state index in [1.165, 1.54) is 7.11 Å². The van der Waals surface area contributed by atoms with Gasteiger partial charge in [0, 0.05) is 17.1 Å². The van der Waals surface area contributed by atoms with Crippen LogP contribution in [-0.4, -0.2) is 32.3 Å². The Bertz CT molecular complexity index is 479. The molecule has 1 aromatic carbocycles. The Kier molecular flexibility index (Phi) is 6.66. The van der Waals surface area contributed by atoms with Crippen LogP contribution in [0.15, 0.2) is 18.2 Å². The second-order valence-electron chi connectivity index (χ2n) is 3.76. The number of hydrogen-bond donors (Lipinski definition) is 2. The average Bonchev–Trinajstić information content (AvgIpc) is 2.43. The summed E-state index contributed by atoms with van der Waals surface area (Å²) in [6, 6.07) is 4.72. The Morgan fingerprint density at radius 2 is 2.05 bits per heavy atom. The van der Waals surface area contributed by atoms with Crippen LogP contribution in [0.5, 0.6) is 5.75 Å². The number of esters is 1. The van der Waals surface area contributed by atoms with Gasteiger partial charge in [0.05, 0.1) is 13.7 Å². The fourth-order valence-electron chi connectivity index (χ4n) is 1.50. The fraction of sp³-hybridized carbons (Fsp3) is 0.385. The third-order valence-electron chi connectivity index (χ3n) is 2.42. The zero-order valence-corrected chi connectivity index (χ0v) is 12.1. The molecule has 0 aliphatic carbocycles. The monoisotopic (exact) mass is 300 g/mol. The van der Waals surface area contributed by atoms with Crippen LogP contribution in [0.4, 0.5) is 4.79 Å². The number of methoxy groups -OCH3 is 1. The molecular formula is C13H17ClN2O4. The number of nitrogens with one attached hydrogen (secondary N) is 2. The van der Waals surface area contributed by atoms with Crippen molar-refractivity contribution in [1.29, 1.82) is 0 Å². The zero-order valence-electron chi connectivity index (χ0n) is 11.4. The first-order chi connectivity index (χ1) is 9.58. The third-order valence-corrected chi connectivity index (χ3v) is 2.77. The van der Waals surface area contributed by atoms with Crippen LogP contribution in [0.2, 0.25) is 5.02 Å². The SMILES string of the molecule is CCOC(=O)CNC(=O)NCc1c(Cl)cccc1OC. The van der Waals surface area contributed by atoms with Gasteiger partial charge in [-0.1, -0.05) is 17.7 Å². The van der Waals surface area contributed by atoms with Crippen LogP contribution in [0, 0.1) is 0 Å². The number of hydrogen-bond acceptors (Lipinski definition) is 4. The lowest BCUT2D eigenvalue weighted by Gasteiger charge is -2.11. The van der Waals surface area contributed by atoms with Crippen molar-refractivity contribution in [2.45, 2.75) is 13.5 Å². The molecule has 0 radical (unpaired) electrons. The number of halogens is 1. The normalized spacial score (nSPS) is 9.75. The van der Waals surface area contributed by atoms with Gasteiger partial charge in [0.1, 0.15) is 12.3 Å². The summed E-state index contributed by atoms with van der Waals surface area (Å²) in [5.41, 5.74) is 0.669. The molecule has 20 heavy (non-hydrogen) atoms. The largest absolute Gasteiger partial charge is 0.496 e. The molecule has 0 heterocycles. The molecule has 0 unspecified atom stereocenters. The van der Waals surface area contributed by atoms with E-state index < -0.39 is 12.0 Å². The summed E-state index contributed by atoms with van der Waals surface area (Å²) in [5, 5.41) is 5.47. The first-order valence-electron chi connectivity index (χ1n) is 6.07. The molecule has 0 aliphatic rings. The van der Waals surface area contributed by atoms with Gasteiger partial charge in [-0.05, 0) is 19.1 Å². The maximum Gasteiger partial charge on any atom is 0.325 e. The minimum absolute atomic E-state index is 0.181. The van der Waals surface area contributed by atoms with Crippen molar-refractivity contribution in [2.24, 2.45) is 0 Å². The number of urea groups is 1. The van der Waals surface area contributed by atoms with E-state index in [4.69, 9.17) is 16.3 Å². The number of carbonyl (C=O) groups excluding carboxylic acids is 2. The van der Waals surface area contributed by atoms with E-state index in [0.29, 0.717) is 16.3 Å². The maximum atomic E-state index is 11.5. The summed E-state index contributed by atoms with van der Waals surface area (Å²) >= 11 is 6.03. The Balaban J connectivity index is 2.47. The lowest BCUT2D eigenvalue weighted by atomic mass is 10.2. The maximum absolute atomic E-state index is 11.5. The standard InChI is InChI=1S/C13H17ClN2O4/c1-3-20-12(17)8-16-13(18)15-7-9-10(14)5-4-6-11(9)19-2/h4-6H,3,7-8H2,1-2H3,(H2,15,16,18). The molecule has 2 N–H and O–H groups in total. The van der Waals surface area contributed by atoms with E-state index in [-0.39, 0.29) is 19.7 Å². The molecule has 0 saturated heterocycles. The first kappa shape index (κ1) is 16.1. The van der Waals surface area contributed by atoms with Gasteiger partial charge in [-0.3, -0.25) is 4.79 Å². The van der Waals surface area contributed by atoms with Crippen molar-refractivity contribution in [2.75, 3.05) is 20.3 Å². The summed E-state index contributed by atoms with van der Waals surface area (Å²) in [5.74, 6) is 0.0983. The molecular weight excluding hydrogens is 284 g/mol. The van der Waals surface area contributed by atoms with Crippen LogP contribution in [-0.2, 0) is 16.1 Å². The van der Waals surface area contributed by atoms with Gasteiger partial charge >= 0.3 is 12.0 Å². The molecule has 6 nitrogen and oxygen atoms in total. The predicted octanol–water partition coefficient (Wildman–Crippen LogP) is 1.71. The first-order valence-corrected chi connectivity index (χ1v) is 6.45. The molecule has 0 spiro atoms. The van der Waals surface area contributed by atoms with Gasteiger partial charge in [-0.15, -0.1) is 0 Å². The molecule has 0 fully saturated rings. The van der Waals surface area contributed by atoms with E-state index in [1.54, 1.807) is 25.1 Å². The summed E-state index contributed by atoms with van der Waals surface area (Å²) < 4.78 is 9.85. The van der Waals surface area contributed by atoms with E-state index in [1.807, 2.05) is 0 Å². The number of amides is 2. The summed E-state index contributed by atoms with van der Waals surface area (Å²) in [4.78, 5) is 22.6. The molecule has 110 valence electrons. The molecule has 0 bridgehead atoms. The smallest absolute Gasteiger partial charge is 0.325 e. The van der Waals surface area contributed by atoms with Gasteiger partial charge in [-0.2, -0.15) is 0 Å². The number of carbonyl (C=O) groups is 2. The van der Waals surface area contributed by atoms with Gasteiger partial charge in [0.25, 0.3) is 0 Å². The molecule has 7 heteroatoms. The summed E-state index contributed by atoms with van der Waals surface area (Å²) in [6.45, 7) is 1.98. The Labute approximate surface area is 122 Å². The number of benzene rings is 1. The molecule has 0 aliphatic heterocycles. The van der Waals surface area contributed by atoms with Crippen molar-refractivity contribution in [3.8, 4) is 5.75 Å². The second kappa shape index (κ2) is 8.27. The third kappa shape index (κ3) is 4.97. The molecule has 0 atom stereocenters. The Morgan fingerprint density at radius 3 is 2.70 bits per heavy atom. The fourth-order valence-corrected chi connectivity index (χ4v) is 1.73. The predicted molar refractivity (Wildman–Crippen MR) is 74.9 cm³/mol. The van der Waals surface area contributed by atoms with E-state index in [9.17, 15) is 9.59 Å². The topological polar surface area (TPSA) is 76.7 Å². The van der Waals surface area contributed by atoms with Crippen molar-refractivity contribution in [1.82, 2.24) is 10.6 Å². The van der Waals surface area contributed by atoms with E-state index in [2.05, 4.69) is 15.4 Å². The summed E-state index contributed by atoms with van der Waals surface area (Å²) in [7, 11) is 1.52. The molecule has 1 aromatic rings. The summed E-state index contributed by atoms with van der Waals surface area (Å²) in [6.07, 6.45) is 0. The lowest BCUT2D eigenvalue weighted by molar-refractivity contribution is -0.141. The van der Waals surface area contributed by atoms with E-state index in [0.717, 1.165) is 0 Å². The highest BCUT2D eigenvalue weighted by Crippen LogP contribution is 2.25. The highest BCUT2D eigenvalue weighted by Gasteiger charge is 2.10. The van der Waals surface area contributed by atoms with Crippen LogP contribution in [0.25, 0.3) is 0 Å². The average molecular weight is 301 g/mol. The number of ether oxygens (including phenoxy) is 2.